The van der Waals surface area contributed by atoms with E-state index in [9.17, 15) is 1.37 Å². The Morgan fingerprint density at radius 1 is 0.703 bits per heavy atom. The second-order valence-corrected chi connectivity index (χ2v) is 11.4. The molecule has 1 atom stereocenters. The summed E-state index contributed by atoms with van der Waals surface area (Å²) < 4.78 is 9.59. The maximum absolute atomic E-state index is 9.59. The Balaban J connectivity index is 1.31. The van der Waals surface area contributed by atoms with Crippen LogP contribution >= 0.6 is 0 Å². The van der Waals surface area contributed by atoms with Gasteiger partial charge in [0.05, 0.1) is 7.39 Å². The highest BCUT2D eigenvalue weighted by Gasteiger charge is 2.42. The number of rotatable bonds is 3. The van der Waals surface area contributed by atoms with E-state index in [0.717, 1.165) is 5.69 Å². The molecule has 4 aromatic rings. The van der Waals surface area contributed by atoms with Gasteiger partial charge >= 0.3 is 0 Å². The van der Waals surface area contributed by atoms with Crippen molar-refractivity contribution in [2.45, 2.75) is 44.5 Å². The lowest BCUT2D eigenvalue weighted by molar-refractivity contribution is 0.491. The fourth-order valence-electron chi connectivity index (χ4n) is 6.74. The second kappa shape index (κ2) is 8.38. The standard InChI is InChI=1S/C35H36N2/c1-34(2)30(36(5)28-22-20-24-14-10-12-16-26(24)32(28)34)18-8-7-9-19-31-35(3,4)33-27-17-13-11-15-25(27)21-23-29(33)37(31)6/h7-23,30H,1-6H3/b9-7+,18-8+,31-19+/i30D. The van der Waals surface area contributed by atoms with Crippen molar-refractivity contribution in [2.24, 2.45) is 0 Å². The predicted octanol–water partition coefficient (Wildman–Crippen LogP) is 8.51. The lowest BCUT2D eigenvalue weighted by atomic mass is 9.78. The summed E-state index contributed by atoms with van der Waals surface area (Å²) in [7, 11) is 4.21. The summed E-state index contributed by atoms with van der Waals surface area (Å²) in [5.74, 6) is 0. The van der Waals surface area contributed by atoms with Gasteiger partial charge in [-0.05, 0) is 50.9 Å². The minimum absolute atomic E-state index is 0.105. The van der Waals surface area contributed by atoms with Crippen LogP contribution in [-0.4, -0.2) is 20.1 Å². The van der Waals surface area contributed by atoms with Gasteiger partial charge in [0.1, 0.15) is 0 Å². The molecule has 186 valence electrons. The molecule has 0 fully saturated rings. The highest BCUT2D eigenvalue weighted by Crippen LogP contribution is 2.50. The van der Waals surface area contributed by atoms with E-state index in [1.54, 1.807) is 0 Å². The molecule has 0 aliphatic carbocycles. The fourth-order valence-corrected chi connectivity index (χ4v) is 6.74. The summed E-state index contributed by atoms with van der Waals surface area (Å²) in [4.78, 5) is 4.44. The first-order valence-electron chi connectivity index (χ1n) is 13.7. The van der Waals surface area contributed by atoms with Crippen molar-refractivity contribution in [2.75, 3.05) is 23.9 Å². The van der Waals surface area contributed by atoms with Crippen LogP contribution in [0.1, 0.15) is 40.2 Å². The predicted molar refractivity (Wildman–Crippen MR) is 161 cm³/mol. The molecule has 4 aromatic carbocycles. The van der Waals surface area contributed by atoms with E-state index >= 15 is 0 Å². The lowest BCUT2D eigenvalue weighted by Gasteiger charge is -2.30. The minimum atomic E-state index is -0.893. The van der Waals surface area contributed by atoms with Crippen LogP contribution in [-0.2, 0) is 10.8 Å². The fraction of sp³-hybridized carbons (Fsp3) is 0.257. The highest BCUT2D eigenvalue weighted by molar-refractivity contribution is 5.95. The molecule has 2 aliphatic rings. The lowest BCUT2D eigenvalue weighted by Crippen LogP contribution is -2.37. The van der Waals surface area contributed by atoms with E-state index in [1.807, 2.05) is 19.2 Å². The summed E-state index contributed by atoms with van der Waals surface area (Å²) in [5.41, 5.74) is 5.84. The van der Waals surface area contributed by atoms with Crippen molar-refractivity contribution < 1.29 is 1.37 Å². The molecular weight excluding hydrogens is 448 g/mol. The Kier molecular flexibility index (Phi) is 5.08. The van der Waals surface area contributed by atoms with Gasteiger partial charge in [-0.3, -0.25) is 0 Å². The molecule has 0 radical (unpaired) electrons. The topological polar surface area (TPSA) is 6.48 Å². The molecule has 2 heterocycles. The van der Waals surface area contributed by atoms with Crippen molar-refractivity contribution in [1.82, 2.24) is 0 Å². The number of hydrogen-bond donors (Lipinski definition) is 0. The first kappa shape index (κ1) is 22.4. The molecule has 0 bridgehead atoms. The Morgan fingerprint density at radius 2 is 1.30 bits per heavy atom. The average molecular weight is 486 g/mol. The van der Waals surface area contributed by atoms with E-state index in [-0.39, 0.29) is 10.8 Å². The monoisotopic (exact) mass is 485 g/mol. The Morgan fingerprint density at radius 3 is 1.97 bits per heavy atom. The third kappa shape index (κ3) is 3.46. The van der Waals surface area contributed by atoms with Gasteiger partial charge in [0, 0.05) is 42.0 Å². The van der Waals surface area contributed by atoms with Crippen LogP contribution in [0, 0.1) is 0 Å². The molecule has 1 unspecified atom stereocenters. The third-order valence-electron chi connectivity index (χ3n) is 8.52. The van der Waals surface area contributed by atoms with Crippen molar-refractivity contribution >= 4 is 32.9 Å². The summed E-state index contributed by atoms with van der Waals surface area (Å²) in [6.07, 6.45) is 10.5. The van der Waals surface area contributed by atoms with E-state index in [1.165, 1.54) is 44.1 Å². The zero-order chi connectivity index (χ0) is 26.9. The maximum Gasteiger partial charge on any atom is 0.0584 e. The van der Waals surface area contributed by atoms with Gasteiger partial charge < -0.3 is 9.80 Å². The average Bonchev–Trinajstić information content (AvgIpc) is 3.20. The first-order valence-corrected chi connectivity index (χ1v) is 13.2. The van der Waals surface area contributed by atoms with E-state index in [4.69, 9.17) is 0 Å². The maximum atomic E-state index is 9.59. The van der Waals surface area contributed by atoms with Crippen LogP contribution in [0.4, 0.5) is 11.4 Å². The molecule has 2 aliphatic heterocycles. The van der Waals surface area contributed by atoms with Gasteiger partial charge in [0.2, 0.25) is 0 Å². The van der Waals surface area contributed by atoms with E-state index in [0.29, 0.717) is 0 Å². The number of likely N-dealkylation sites (N-methyl/N-ethyl adjacent to an activating group) is 2. The van der Waals surface area contributed by atoms with Crippen LogP contribution < -0.4 is 9.80 Å². The largest absolute Gasteiger partial charge is 0.367 e. The number of hydrogen-bond acceptors (Lipinski definition) is 2. The van der Waals surface area contributed by atoms with Crippen LogP contribution in [0.25, 0.3) is 21.5 Å². The molecule has 0 N–H and O–H groups in total. The van der Waals surface area contributed by atoms with E-state index < -0.39 is 6.02 Å². The molecule has 2 heteroatoms. The van der Waals surface area contributed by atoms with Gasteiger partial charge in [0.15, 0.2) is 0 Å². The molecular formula is C35H36N2. The summed E-state index contributed by atoms with van der Waals surface area (Å²) in [6, 6.07) is 25.1. The molecule has 0 aromatic heterocycles. The number of benzene rings is 4. The Labute approximate surface area is 222 Å². The summed E-state index contributed by atoms with van der Waals surface area (Å²) in [6.45, 7) is 9.02. The van der Waals surface area contributed by atoms with Crippen LogP contribution in [0.3, 0.4) is 0 Å². The van der Waals surface area contributed by atoms with Gasteiger partial charge in [-0.1, -0.05) is 113 Å². The second-order valence-electron chi connectivity index (χ2n) is 11.4. The zero-order valence-electron chi connectivity index (χ0n) is 23.7. The number of allylic oxidation sites excluding steroid dienone is 5. The molecule has 37 heavy (non-hydrogen) atoms. The van der Waals surface area contributed by atoms with Crippen LogP contribution in [0.15, 0.2) is 109 Å². The zero-order valence-corrected chi connectivity index (χ0v) is 22.7. The summed E-state index contributed by atoms with van der Waals surface area (Å²) >= 11 is 0. The van der Waals surface area contributed by atoms with Crippen LogP contribution in [0.2, 0.25) is 0 Å². The van der Waals surface area contributed by atoms with Crippen molar-refractivity contribution in [1.29, 1.82) is 0 Å². The van der Waals surface area contributed by atoms with Gasteiger partial charge in [0.25, 0.3) is 0 Å². The molecule has 0 saturated heterocycles. The molecule has 0 amide bonds. The van der Waals surface area contributed by atoms with Crippen molar-refractivity contribution in [3.05, 3.63) is 120 Å². The number of anilines is 2. The molecule has 0 saturated carbocycles. The SMILES string of the molecule is [2H]C1(/C=C/C=C/C=C2/N(C)c3ccc4ccccc4c3C2(C)C)N(C)c2ccc3ccccc3c2C1(C)C. The first-order chi connectivity index (χ1) is 18.1. The van der Waals surface area contributed by atoms with Gasteiger partial charge in [-0.25, -0.2) is 0 Å². The number of nitrogens with zero attached hydrogens (tertiary/aromatic N) is 2. The quantitative estimate of drug-likeness (QED) is 0.268. The van der Waals surface area contributed by atoms with Gasteiger partial charge in [-0.15, -0.1) is 0 Å². The molecule has 0 spiro atoms. The van der Waals surface area contributed by atoms with E-state index in [2.05, 4.69) is 136 Å². The Hall–Kier alpha value is -3.78. The molecule has 6 rings (SSSR count). The summed E-state index contributed by atoms with van der Waals surface area (Å²) in [5, 5.41) is 5.07. The Bertz CT molecular complexity index is 1670. The normalized spacial score (nSPS) is 23.5. The van der Waals surface area contributed by atoms with Gasteiger partial charge in [-0.2, -0.15) is 0 Å². The minimum Gasteiger partial charge on any atom is -0.367 e. The number of fused-ring (bicyclic) bond motifs is 6. The smallest absolute Gasteiger partial charge is 0.0584 e. The van der Waals surface area contributed by atoms with Crippen molar-refractivity contribution in [3.8, 4) is 0 Å². The molecule has 2 nitrogen and oxygen atoms in total. The highest BCUT2D eigenvalue weighted by atomic mass is 15.2. The third-order valence-corrected chi connectivity index (χ3v) is 8.52. The van der Waals surface area contributed by atoms with Crippen LogP contribution in [0.5, 0.6) is 0 Å². The van der Waals surface area contributed by atoms with Crippen molar-refractivity contribution in [3.63, 3.8) is 0 Å².